The molecule has 7 nitrogen and oxygen atoms in total. The molecule has 0 unspecified atom stereocenters. The number of nitrogens with one attached hydrogen (secondary N) is 1. The number of aliphatic hydroxyl groups excluding tert-OH is 1. The SMILES string of the molecule is Cc1nc(Cl)nc(NC2(CO)CCC2)c1[N+](=O)[O-]. The second-order valence-corrected chi connectivity index (χ2v) is 4.79. The van der Waals surface area contributed by atoms with E-state index in [-0.39, 0.29) is 29.1 Å². The maximum absolute atomic E-state index is 11.0. The molecule has 2 rings (SSSR count). The van der Waals surface area contributed by atoms with E-state index >= 15 is 0 Å². The lowest BCUT2D eigenvalue weighted by atomic mass is 9.77. The van der Waals surface area contributed by atoms with Crippen LogP contribution in [0.2, 0.25) is 5.28 Å². The Balaban J connectivity index is 2.39. The predicted molar refractivity (Wildman–Crippen MR) is 65.7 cm³/mol. The number of nitrogens with zero attached hydrogens (tertiary/aromatic N) is 3. The van der Waals surface area contributed by atoms with Gasteiger partial charge in [0.1, 0.15) is 5.69 Å². The summed E-state index contributed by atoms with van der Waals surface area (Å²) >= 11 is 5.71. The molecule has 98 valence electrons. The summed E-state index contributed by atoms with van der Waals surface area (Å²) in [5.74, 6) is 0.0752. The van der Waals surface area contributed by atoms with Crippen LogP contribution in [0.5, 0.6) is 0 Å². The van der Waals surface area contributed by atoms with Crippen molar-refractivity contribution in [1.82, 2.24) is 9.97 Å². The standard InChI is InChI=1S/C10H13ClN4O3/c1-6-7(15(17)18)8(13-9(11)12-6)14-10(5-16)3-2-4-10/h16H,2-5H2,1H3,(H,12,13,14). The van der Waals surface area contributed by atoms with Gasteiger partial charge in [0.25, 0.3) is 0 Å². The van der Waals surface area contributed by atoms with Gasteiger partial charge in [-0.15, -0.1) is 0 Å². The molecule has 1 aromatic rings. The third-order valence-electron chi connectivity index (χ3n) is 3.21. The van der Waals surface area contributed by atoms with Crippen LogP contribution >= 0.6 is 11.6 Å². The molecule has 0 bridgehead atoms. The molecule has 8 heteroatoms. The Labute approximate surface area is 108 Å². The van der Waals surface area contributed by atoms with Gasteiger partial charge in [-0.2, -0.15) is 4.98 Å². The molecule has 1 saturated carbocycles. The molecule has 1 heterocycles. The number of anilines is 1. The number of nitro groups is 1. The highest BCUT2D eigenvalue weighted by Crippen LogP contribution is 2.37. The number of aryl methyl sites for hydroxylation is 1. The molecule has 0 atom stereocenters. The Morgan fingerprint density at radius 3 is 2.67 bits per heavy atom. The molecule has 0 amide bonds. The summed E-state index contributed by atoms with van der Waals surface area (Å²) < 4.78 is 0. The first-order valence-electron chi connectivity index (χ1n) is 5.55. The van der Waals surface area contributed by atoms with Crippen LogP contribution in [0.25, 0.3) is 0 Å². The molecule has 0 aliphatic heterocycles. The molecule has 0 spiro atoms. The first-order valence-corrected chi connectivity index (χ1v) is 5.93. The van der Waals surface area contributed by atoms with Gasteiger partial charge in [0, 0.05) is 0 Å². The van der Waals surface area contributed by atoms with Crippen molar-refractivity contribution in [1.29, 1.82) is 0 Å². The first-order chi connectivity index (χ1) is 8.47. The van der Waals surface area contributed by atoms with E-state index in [4.69, 9.17) is 11.6 Å². The van der Waals surface area contributed by atoms with Gasteiger partial charge in [-0.3, -0.25) is 10.1 Å². The van der Waals surface area contributed by atoms with Gasteiger partial charge in [0.05, 0.1) is 17.1 Å². The van der Waals surface area contributed by atoms with Crippen LogP contribution in [0.4, 0.5) is 11.5 Å². The molecular formula is C10H13ClN4O3. The third kappa shape index (κ3) is 2.23. The Hall–Kier alpha value is -1.47. The topological polar surface area (TPSA) is 101 Å². The number of aromatic nitrogens is 2. The van der Waals surface area contributed by atoms with Crippen molar-refractivity contribution in [3.8, 4) is 0 Å². The van der Waals surface area contributed by atoms with Crippen LogP contribution in [0.1, 0.15) is 25.0 Å². The third-order valence-corrected chi connectivity index (χ3v) is 3.38. The highest BCUT2D eigenvalue weighted by Gasteiger charge is 2.38. The lowest BCUT2D eigenvalue weighted by Gasteiger charge is -2.41. The zero-order valence-corrected chi connectivity index (χ0v) is 10.6. The Kier molecular flexibility index (Phi) is 3.36. The van der Waals surface area contributed by atoms with E-state index in [1.165, 1.54) is 6.92 Å². The maximum atomic E-state index is 11.0. The van der Waals surface area contributed by atoms with E-state index in [2.05, 4.69) is 15.3 Å². The normalized spacial score (nSPS) is 17.1. The van der Waals surface area contributed by atoms with Gasteiger partial charge < -0.3 is 10.4 Å². The number of hydrogen-bond donors (Lipinski definition) is 2. The van der Waals surface area contributed by atoms with Crippen molar-refractivity contribution in [3.05, 3.63) is 21.1 Å². The average Bonchev–Trinajstić information content (AvgIpc) is 2.21. The highest BCUT2D eigenvalue weighted by atomic mass is 35.5. The molecule has 1 aromatic heterocycles. The lowest BCUT2D eigenvalue weighted by Crippen LogP contribution is -2.48. The summed E-state index contributed by atoms with van der Waals surface area (Å²) in [5.41, 5.74) is -0.511. The minimum atomic E-state index is -0.544. The Bertz CT molecular complexity index is 485. The van der Waals surface area contributed by atoms with Gasteiger partial charge in [-0.1, -0.05) is 0 Å². The van der Waals surface area contributed by atoms with Gasteiger partial charge in [-0.05, 0) is 37.8 Å². The molecule has 0 saturated heterocycles. The van der Waals surface area contributed by atoms with Crippen LogP contribution in [-0.4, -0.2) is 32.1 Å². The van der Waals surface area contributed by atoms with Gasteiger partial charge >= 0.3 is 5.69 Å². The van der Waals surface area contributed by atoms with Crippen molar-refractivity contribution in [3.63, 3.8) is 0 Å². The van der Waals surface area contributed by atoms with Crippen LogP contribution < -0.4 is 5.32 Å². The van der Waals surface area contributed by atoms with E-state index in [0.717, 1.165) is 19.3 Å². The van der Waals surface area contributed by atoms with Crippen LogP contribution in [0.15, 0.2) is 0 Å². The largest absolute Gasteiger partial charge is 0.394 e. The van der Waals surface area contributed by atoms with E-state index in [9.17, 15) is 15.2 Å². The van der Waals surface area contributed by atoms with Crippen LogP contribution in [0.3, 0.4) is 0 Å². The molecular weight excluding hydrogens is 260 g/mol. The number of halogens is 1. The monoisotopic (exact) mass is 272 g/mol. The minimum Gasteiger partial charge on any atom is -0.394 e. The van der Waals surface area contributed by atoms with E-state index in [1.54, 1.807) is 0 Å². The molecule has 1 fully saturated rings. The lowest BCUT2D eigenvalue weighted by molar-refractivity contribution is -0.385. The van der Waals surface area contributed by atoms with Crippen molar-refractivity contribution >= 4 is 23.1 Å². The number of rotatable bonds is 4. The van der Waals surface area contributed by atoms with Crippen molar-refractivity contribution in [2.75, 3.05) is 11.9 Å². The summed E-state index contributed by atoms with van der Waals surface area (Å²) in [7, 11) is 0. The zero-order valence-electron chi connectivity index (χ0n) is 9.81. The second kappa shape index (κ2) is 4.66. The van der Waals surface area contributed by atoms with E-state index < -0.39 is 10.5 Å². The maximum Gasteiger partial charge on any atom is 0.332 e. The summed E-state index contributed by atoms with van der Waals surface area (Å²) in [6.45, 7) is 1.41. The molecule has 0 radical (unpaired) electrons. The van der Waals surface area contributed by atoms with Gasteiger partial charge in [0.2, 0.25) is 11.1 Å². The average molecular weight is 273 g/mol. The fraction of sp³-hybridized carbons (Fsp3) is 0.600. The molecule has 0 aromatic carbocycles. The van der Waals surface area contributed by atoms with Crippen molar-refractivity contribution < 1.29 is 10.0 Å². The quantitative estimate of drug-likeness (QED) is 0.491. The van der Waals surface area contributed by atoms with Gasteiger partial charge in [0.15, 0.2) is 0 Å². The zero-order chi connectivity index (χ0) is 13.3. The van der Waals surface area contributed by atoms with Crippen LogP contribution in [0, 0.1) is 17.0 Å². The van der Waals surface area contributed by atoms with E-state index in [1.807, 2.05) is 0 Å². The van der Waals surface area contributed by atoms with Gasteiger partial charge in [-0.25, -0.2) is 4.98 Å². The predicted octanol–water partition coefficient (Wildman–Crippen LogP) is 1.67. The minimum absolute atomic E-state index is 0.0481. The summed E-state index contributed by atoms with van der Waals surface area (Å²) in [6, 6.07) is 0. The summed E-state index contributed by atoms with van der Waals surface area (Å²) in [5, 5.41) is 23.3. The fourth-order valence-electron chi connectivity index (χ4n) is 2.02. The summed E-state index contributed by atoms with van der Waals surface area (Å²) in [4.78, 5) is 18.1. The van der Waals surface area contributed by atoms with Crippen molar-refractivity contribution in [2.24, 2.45) is 0 Å². The van der Waals surface area contributed by atoms with Crippen molar-refractivity contribution in [2.45, 2.75) is 31.7 Å². The van der Waals surface area contributed by atoms with Crippen LogP contribution in [-0.2, 0) is 0 Å². The molecule has 18 heavy (non-hydrogen) atoms. The summed E-state index contributed by atoms with van der Waals surface area (Å²) in [6.07, 6.45) is 2.47. The molecule has 2 N–H and O–H groups in total. The fourth-order valence-corrected chi connectivity index (χ4v) is 2.23. The highest BCUT2D eigenvalue weighted by molar-refractivity contribution is 6.28. The smallest absolute Gasteiger partial charge is 0.332 e. The Morgan fingerprint density at radius 2 is 2.22 bits per heavy atom. The molecule has 1 aliphatic carbocycles. The first kappa shape index (κ1) is 13.0. The number of aliphatic hydroxyl groups is 1. The Morgan fingerprint density at radius 1 is 1.56 bits per heavy atom. The second-order valence-electron chi connectivity index (χ2n) is 4.45. The number of hydrogen-bond acceptors (Lipinski definition) is 6. The van der Waals surface area contributed by atoms with E-state index in [0.29, 0.717) is 0 Å². The molecule has 1 aliphatic rings.